The molecule has 0 spiro atoms. The number of anilines is 3. The summed E-state index contributed by atoms with van der Waals surface area (Å²) in [6, 6.07) is 20.9. The standard InChI is InChI=1S/C21H17ClN2O2/c22-16-6-9-18(10-7-16)24-12-14-5-8-17(11-15(14)13-24)23-20-4-2-1-3-19(20)21(25)26/h1-11,23H,12-13H2,(H,25,26). The number of aromatic carboxylic acids is 1. The SMILES string of the molecule is O=C(O)c1ccccc1Nc1ccc2c(c1)CN(c1ccc(Cl)cc1)C2. The van der Waals surface area contributed by atoms with Gasteiger partial charge in [-0.05, 0) is 59.7 Å². The van der Waals surface area contributed by atoms with E-state index in [9.17, 15) is 9.90 Å². The van der Waals surface area contributed by atoms with Gasteiger partial charge < -0.3 is 15.3 Å². The number of nitrogens with one attached hydrogen (secondary N) is 1. The molecule has 0 amide bonds. The van der Waals surface area contributed by atoms with Crippen LogP contribution >= 0.6 is 11.6 Å². The van der Waals surface area contributed by atoms with Gasteiger partial charge >= 0.3 is 5.97 Å². The van der Waals surface area contributed by atoms with Gasteiger partial charge in [-0.2, -0.15) is 0 Å². The van der Waals surface area contributed by atoms with E-state index < -0.39 is 5.97 Å². The van der Waals surface area contributed by atoms with Crippen LogP contribution in [-0.2, 0) is 13.1 Å². The number of benzene rings is 3. The predicted octanol–water partition coefficient (Wildman–Crippen LogP) is 5.30. The Morgan fingerprint density at radius 1 is 0.962 bits per heavy atom. The van der Waals surface area contributed by atoms with E-state index >= 15 is 0 Å². The first-order valence-corrected chi connectivity index (χ1v) is 8.69. The molecule has 2 N–H and O–H groups in total. The molecule has 0 fully saturated rings. The largest absolute Gasteiger partial charge is 0.478 e. The van der Waals surface area contributed by atoms with E-state index in [0.717, 1.165) is 29.5 Å². The Morgan fingerprint density at radius 3 is 2.46 bits per heavy atom. The second kappa shape index (κ2) is 6.73. The number of hydrogen-bond donors (Lipinski definition) is 2. The molecular weight excluding hydrogens is 348 g/mol. The summed E-state index contributed by atoms with van der Waals surface area (Å²) in [7, 11) is 0. The first kappa shape index (κ1) is 16.5. The summed E-state index contributed by atoms with van der Waals surface area (Å²) in [6.07, 6.45) is 0. The predicted molar refractivity (Wildman–Crippen MR) is 104 cm³/mol. The van der Waals surface area contributed by atoms with Gasteiger partial charge in [0.25, 0.3) is 0 Å². The molecule has 0 aliphatic carbocycles. The van der Waals surface area contributed by atoms with Crippen molar-refractivity contribution in [2.75, 3.05) is 10.2 Å². The minimum absolute atomic E-state index is 0.260. The zero-order valence-corrected chi connectivity index (χ0v) is 14.7. The normalized spacial score (nSPS) is 12.7. The van der Waals surface area contributed by atoms with Crippen LogP contribution in [0.5, 0.6) is 0 Å². The number of carboxylic acid groups (broad SMARTS) is 1. The Kier molecular flexibility index (Phi) is 4.27. The molecule has 0 aromatic heterocycles. The molecule has 1 aliphatic heterocycles. The van der Waals surface area contributed by atoms with Crippen molar-refractivity contribution in [1.82, 2.24) is 0 Å². The number of carbonyl (C=O) groups is 1. The van der Waals surface area contributed by atoms with Crippen molar-refractivity contribution in [2.45, 2.75) is 13.1 Å². The average molecular weight is 365 g/mol. The van der Waals surface area contributed by atoms with Crippen molar-refractivity contribution >= 4 is 34.6 Å². The molecular formula is C21H17ClN2O2. The highest BCUT2D eigenvalue weighted by molar-refractivity contribution is 6.30. The average Bonchev–Trinajstić information content (AvgIpc) is 3.06. The Morgan fingerprint density at radius 2 is 1.69 bits per heavy atom. The van der Waals surface area contributed by atoms with Gasteiger partial charge in [-0.15, -0.1) is 0 Å². The Hall–Kier alpha value is -2.98. The van der Waals surface area contributed by atoms with E-state index in [1.165, 1.54) is 11.1 Å². The monoisotopic (exact) mass is 364 g/mol. The summed E-state index contributed by atoms with van der Waals surface area (Å²) in [6.45, 7) is 1.66. The zero-order valence-electron chi connectivity index (χ0n) is 13.9. The third kappa shape index (κ3) is 3.24. The van der Waals surface area contributed by atoms with Gasteiger partial charge in [0.15, 0.2) is 0 Å². The highest BCUT2D eigenvalue weighted by Crippen LogP contribution is 2.31. The maximum absolute atomic E-state index is 11.4. The number of hydrogen-bond acceptors (Lipinski definition) is 3. The highest BCUT2D eigenvalue weighted by Gasteiger charge is 2.20. The maximum atomic E-state index is 11.4. The van der Waals surface area contributed by atoms with Gasteiger partial charge in [0, 0.05) is 29.5 Å². The van der Waals surface area contributed by atoms with E-state index in [4.69, 9.17) is 11.6 Å². The van der Waals surface area contributed by atoms with E-state index in [0.29, 0.717) is 5.69 Å². The fraction of sp³-hybridized carbons (Fsp3) is 0.0952. The molecule has 0 saturated heterocycles. The van der Waals surface area contributed by atoms with Gasteiger partial charge in [0.1, 0.15) is 0 Å². The minimum atomic E-state index is -0.942. The highest BCUT2D eigenvalue weighted by atomic mass is 35.5. The molecule has 4 nitrogen and oxygen atoms in total. The zero-order chi connectivity index (χ0) is 18.1. The molecule has 0 bridgehead atoms. The number of halogens is 1. The van der Waals surface area contributed by atoms with Gasteiger partial charge in [0.05, 0.1) is 11.3 Å². The van der Waals surface area contributed by atoms with Crippen molar-refractivity contribution in [1.29, 1.82) is 0 Å². The lowest BCUT2D eigenvalue weighted by molar-refractivity contribution is 0.0698. The summed E-state index contributed by atoms with van der Waals surface area (Å²) in [4.78, 5) is 13.7. The molecule has 0 atom stereocenters. The first-order chi connectivity index (χ1) is 12.6. The number of carboxylic acids is 1. The lowest BCUT2D eigenvalue weighted by Crippen LogP contribution is -2.13. The van der Waals surface area contributed by atoms with Crippen molar-refractivity contribution in [2.24, 2.45) is 0 Å². The molecule has 1 heterocycles. The van der Waals surface area contributed by atoms with Crippen LogP contribution < -0.4 is 10.2 Å². The summed E-state index contributed by atoms with van der Waals surface area (Å²) in [5, 5.41) is 13.3. The molecule has 5 heteroatoms. The van der Waals surface area contributed by atoms with E-state index in [2.05, 4.69) is 22.3 Å². The second-order valence-corrected chi connectivity index (χ2v) is 6.73. The molecule has 130 valence electrons. The van der Waals surface area contributed by atoms with Crippen LogP contribution in [0.4, 0.5) is 17.1 Å². The lowest BCUT2D eigenvalue weighted by atomic mass is 10.1. The maximum Gasteiger partial charge on any atom is 0.337 e. The van der Waals surface area contributed by atoms with Gasteiger partial charge in [-0.1, -0.05) is 29.8 Å². The molecule has 3 aromatic rings. The number of rotatable bonds is 4. The van der Waals surface area contributed by atoms with E-state index in [1.54, 1.807) is 18.2 Å². The third-order valence-electron chi connectivity index (χ3n) is 4.56. The molecule has 26 heavy (non-hydrogen) atoms. The summed E-state index contributed by atoms with van der Waals surface area (Å²) in [5.74, 6) is -0.942. The van der Waals surface area contributed by atoms with Crippen LogP contribution in [-0.4, -0.2) is 11.1 Å². The first-order valence-electron chi connectivity index (χ1n) is 8.32. The Labute approximate surface area is 156 Å². The van der Waals surface area contributed by atoms with Crippen LogP contribution in [0.2, 0.25) is 5.02 Å². The van der Waals surface area contributed by atoms with Crippen molar-refractivity contribution < 1.29 is 9.90 Å². The minimum Gasteiger partial charge on any atom is -0.478 e. The quantitative estimate of drug-likeness (QED) is 0.659. The van der Waals surface area contributed by atoms with Crippen molar-refractivity contribution in [3.8, 4) is 0 Å². The second-order valence-electron chi connectivity index (χ2n) is 6.29. The molecule has 1 aliphatic rings. The number of para-hydroxylation sites is 1. The summed E-state index contributed by atoms with van der Waals surface area (Å²) < 4.78 is 0. The molecule has 0 unspecified atom stereocenters. The number of nitrogens with zero attached hydrogens (tertiary/aromatic N) is 1. The summed E-state index contributed by atoms with van der Waals surface area (Å²) >= 11 is 5.97. The fourth-order valence-corrected chi connectivity index (χ4v) is 3.37. The Bertz CT molecular complexity index is 970. The van der Waals surface area contributed by atoms with Crippen LogP contribution in [0.25, 0.3) is 0 Å². The van der Waals surface area contributed by atoms with Crippen LogP contribution in [0, 0.1) is 0 Å². The molecule has 0 radical (unpaired) electrons. The van der Waals surface area contributed by atoms with Crippen LogP contribution in [0.3, 0.4) is 0 Å². The van der Waals surface area contributed by atoms with Crippen molar-refractivity contribution in [3.05, 3.63) is 88.4 Å². The smallest absolute Gasteiger partial charge is 0.337 e. The molecule has 3 aromatic carbocycles. The topological polar surface area (TPSA) is 52.6 Å². The molecule has 4 rings (SSSR count). The molecule has 0 saturated carbocycles. The van der Waals surface area contributed by atoms with Gasteiger partial charge in [0.2, 0.25) is 0 Å². The third-order valence-corrected chi connectivity index (χ3v) is 4.81. The van der Waals surface area contributed by atoms with Crippen LogP contribution in [0.1, 0.15) is 21.5 Å². The van der Waals surface area contributed by atoms with E-state index in [-0.39, 0.29) is 5.56 Å². The fourth-order valence-electron chi connectivity index (χ4n) is 3.24. The van der Waals surface area contributed by atoms with Crippen molar-refractivity contribution in [3.63, 3.8) is 0 Å². The van der Waals surface area contributed by atoms with E-state index in [1.807, 2.05) is 36.4 Å². The lowest BCUT2D eigenvalue weighted by Gasteiger charge is -2.17. The van der Waals surface area contributed by atoms with Gasteiger partial charge in [-0.3, -0.25) is 0 Å². The summed E-state index contributed by atoms with van der Waals surface area (Å²) in [5.41, 5.74) is 5.38. The Balaban J connectivity index is 1.56. The van der Waals surface area contributed by atoms with Crippen LogP contribution in [0.15, 0.2) is 66.7 Å². The van der Waals surface area contributed by atoms with Gasteiger partial charge in [-0.25, -0.2) is 4.79 Å². The number of fused-ring (bicyclic) bond motifs is 1.